The number of ketones is 1. The van der Waals surface area contributed by atoms with E-state index in [0.717, 1.165) is 0 Å². The fraction of sp³-hybridized carbons (Fsp3) is 0.333. The lowest BCUT2D eigenvalue weighted by molar-refractivity contribution is -0.140. The van der Waals surface area contributed by atoms with Crippen molar-refractivity contribution in [2.75, 3.05) is 48.5 Å². The van der Waals surface area contributed by atoms with Crippen molar-refractivity contribution >= 4 is 29.1 Å². The van der Waals surface area contributed by atoms with Crippen molar-refractivity contribution in [2.24, 2.45) is 0 Å². The van der Waals surface area contributed by atoms with E-state index in [4.69, 9.17) is 25.8 Å². The highest BCUT2D eigenvalue weighted by Gasteiger charge is 2.46. The van der Waals surface area contributed by atoms with E-state index in [1.165, 1.54) is 32.3 Å². The van der Waals surface area contributed by atoms with E-state index in [1.807, 2.05) is 19.0 Å². The number of ether oxygens (including phenoxy) is 3. The molecule has 2 aromatic carbocycles. The summed E-state index contributed by atoms with van der Waals surface area (Å²) in [5.41, 5.74) is 0.885. The van der Waals surface area contributed by atoms with Crippen molar-refractivity contribution in [3.8, 4) is 17.2 Å². The zero-order valence-corrected chi connectivity index (χ0v) is 20.0. The van der Waals surface area contributed by atoms with Crippen LogP contribution >= 0.6 is 11.6 Å². The Labute approximate surface area is 197 Å². The van der Waals surface area contributed by atoms with Gasteiger partial charge in [-0.05, 0) is 50.0 Å². The molecular formula is C24H27ClN2O6. The van der Waals surface area contributed by atoms with Gasteiger partial charge < -0.3 is 29.1 Å². The third-order valence-electron chi connectivity index (χ3n) is 5.48. The Morgan fingerprint density at radius 1 is 1.00 bits per heavy atom. The monoisotopic (exact) mass is 474 g/mol. The molecule has 0 aliphatic carbocycles. The molecule has 0 spiro atoms. The van der Waals surface area contributed by atoms with Gasteiger partial charge in [0.2, 0.25) is 0 Å². The average molecular weight is 475 g/mol. The minimum Gasteiger partial charge on any atom is -0.507 e. The fourth-order valence-electron chi connectivity index (χ4n) is 3.76. The van der Waals surface area contributed by atoms with Gasteiger partial charge >= 0.3 is 0 Å². The molecule has 0 saturated carbocycles. The molecule has 1 fully saturated rings. The second-order valence-corrected chi connectivity index (χ2v) is 8.17. The molecule has 8 nitrogen and oxygen atoms in total. The molecule has 1 aliphatic rings. The van der Waals surface area contributed by atoms with Gasteiger partial charge in [0.25, 0.3) is 11.7 Å². The lowest BCUT2D eigenvalue weighted by Crippen LogP contribution is -2.35. The third kappa shape index (κ3) is 4.77. The third-order valence-corrected chi connectivity index (χ3v) is 5.77. The molecule has 1 heterocycles. The number of aliphatic hydroxyl groups excluding tert-OH is 1. The molecule has 1 amide bonds. The molecule has 3 rings (SSSR count). The van der Waals surface area contributed by atoms with Crippen LogP contribution in [0.4, 0.5) is 0 Å². The molecule has 1 N–H and O–H groups in total. The molecular weight excluding hydrogens is 448 g/mol. The molecule has 176 valence electrons. The zero-order valence-electron chi connectivity index (χ0n) is 19.2. The smallest absolute Gasteiger partial charge is 0.295 e. The highest BCUT2D eigenvalue weighted by molar-refractivity contribution is 6.46. The van der Waals surface area contributed by atoms with E-state index in [-0.39, 0.29) is 22.9 Å². The van der Waals surface area contributed by atoms with E-state index in [0.29, 0.717) is 34.9 Å². The number of amides is 1. The number of nitrogens with zero attached hydrogens (tertiary/aromatic N) is 2. The first kappa shape index (κ1) is 24.4. The van der Waals surface area contributed by atoms with Gasteiger partial charge in [-0.2, -0.15) is 0 Å². The molecule has 0 bridgehead atoms. The molecule has 33 heavy (non-hydrogen) atoms. The van der Waals surface area contributed by atoms with Crippen LogP contribution in [0.1, 0.15) is 17.2 Å². The van der Waals surface area contributed by atoms with Crippen LogP contribution in [0.2, 0.25) is 5.02 Å². The van der Waals surface area contributed by atoms with Crippen LogP contribution in [0, 0.1) is 0 Å². The predicted molar refractivity (Wildman–Crippen MR) is 125 cm³/mol. The standard InChI is InChI=1S/C24H27ClN2O6/c1-26(2)10-11-27-21(14-6-9-18(32-4)19(13-14)33-5)20(23(29)24(27)30)22(28)15-7-8-17(31-3)16(25)12-15/h6-9,12-13,21,28H,10-11H2,1-5H3/t21-/m0/s1. The molecule has 1 atom stereocenters. The van der Waals surface area contributed by atoms with Gasteiger partial charge in [0.1, 0.15) is 11.5 Å². The number of likely N-dealkylation sites (N-methyl/N-ethyl adjacent to an activating group) is 1. The Morgan fingerprint density at radius 3 is 2.21 bits per heavy atom. The maximum atomic E-state index is 13.1. The second-order valence-electron chi connectivity index (χ2n) is 7.76. The first-order chi connectivity index (χ1) is 15.7. The average Bonchev–Trinajstić information content (AvgIpc) is 3.06. The van der Waals surface area contributed by atoms with Crippen molar-refractivity contribution in [1.82, 2.24) is 9.80 Å². The Morgan fingerprint density at radius 2 is 1.64 bits per heavy atom. The van der Waals surface area contributed by atoms with Crippen molar-refractivity contribution in [1.29, 1.82) is 0 Å². The number of hydrogen-bond donors (Lipinski definition) is 1. The van der Waals surface area contributed by atoms with Crippen molar-refractivity contribution in [3.05, 3.63) is 58.1 Å². The first-order valence-electron chi connectivity index (χ1n) is 10.2. The number of carbonyl (C=O) groups excluding carboxylic acids is 2. The highest BCUT2D eigenvalue weighted by Crippen LogP contribution is 2.42. The number of halogens is 1. The van der Waals surface area contributed by atoms with E-state index in [2.05, 4.69) is 0 Å². The van der Waals surface area contributed by atoms with Crippen LogP contribution in [0.15, 0.2) is 42.0 Å². The number of likely N-dealkylation sites (tertiary alicyclic amines) is 1. The Balaban J connectivity index is 2.19. The number of carbonyl (C=O) groups is 2. The lowest BCUT2D eigenvalue weighted by atomic mass is 9.95. The molecule has 1 saturated heterocycles. The second kappa shape index (κ2) is 10.1. The van der Waals surface area contributed by atoms with Gasteiger partial charge in [0.05, 0.1) is 38.0 Å². The van der Waals surface area contributed by atoms with E-state index < -0.39 is 17.7 Å². The largest absolute Gasteiger partial charge is 0.507 e. The summed E-state index contributed by atoms with van der Waals surface area (Å²) >= 11 is 6.23. The highest BCUT2D eigenvalue weighted by atomic mass is 35.5. The summed E-state index contributed by atoms with van der Waals surface area (Å²) in [6, 6.07) is 9.00. The first-order valence-corrected chi connectivity index (χ1v) is 10.6. The minimum atomic E-state index is -0.814. The fourth-order valence-corrected chi connectivity index (χ4v) is 4.01. The number of rotatable bonds is 8. The predicted octanol–water partition coefficient (Wildman–Crippen LogP) is 3.35. The summed E-state index contributed by atoms with van der Waals surface area (Å²) in [4.78, 5) is 29.5. The molecule has 0 aromatic heterocycles. The summed E-state index contributed by atoms with van der Waals surface area (Å²) in [7, 11) is 8.26. The SMILES string of the molecule is COc1ccc(C(O)=C2C(=O)C(=O)N(CCN(C)C)[C@H]2c2ccc(OC)c(OC)c2)cc1Cl. The van der Waals surface area contributed by atoms with Gasteiger partial charge in [-0.15, -0.1) is 0 Å². The number of benzene rings is 2. The van der Waals surface area contributed by atoms with Crippen molar-refractivity contribution < 1.29 is 28.9 Å². The Hall–Kier alpha value is -3.23. The Kier molecular flexibility index (Phi) is 7.50. The van der Waals surface area contributed by atoms with Crippen LogP contribution in [-0.2, 0) is 9.59 Å². The van der Waals surface area contributed by atoms with Crippen molar-refractivity contribution in [3.63, 3.8) is 0 Å². The summed E-state index contributed by atoms with van der Waals surface area (Å²) < 4.78 is 15.9. The summed E-state index contributed by atoms with van der Waals surface area (Å²) in [6.07, 6.45) is 0. The molecule has 9 heteroatoms. The van der Waals surface area contributed by atoms with Gasteiger partial charge in [0, 0.05) is 18.7 Å². The van der Waals surface area contributed by atoms with Crippen molar-refractivity contribution in [2.45, 2.75) is 6.04 Å². The zero-order chi connectivity index (χ0) is 24.3. The molecule has 1 aliphatic heterocycles. The number of methoxy groups -OCH3 is 3. The van der Waals surface area contributed by atoms with Crippen LogP contribution in [0.5, 0.6) is 17.2 Å². The van der Waals surface area contributed by atoms with Gasteiger partial charge in [-0.1, -0.05) is 17.7 Å². The normalized spacial score (nSPS) is 17.5. The molecule has 0 radical (unpaired) electrons. The number of Topliss-reactive ketones (excluding diaryl/α,β-unsaturated/α-hetero) is 1. The molecule has 0 unspecified atom stereocenters. The van der Waals surface area contributed by atoms with Gasteiger partial charge in [-0.25, -0.2) is 0 Å². The lowest BCUT2D eigenvalue weighted by Gasteiger charge is -2.27. The Bertz CT molecular complexity index is 1100. The quantitative estimate of drug-likeness (QED) is 0.356. The summed E-state index contributed by atoms with van der Waals surface area (Å²) in [5, 5.41) is 11.4. The summed E-state index contributed by atoms with van der Waals surface area (Å²) in [6.45, 7) is 0.821. The maximum Gasteiger partial charge on any atom is 0.295 e. The van der Waals surface area contributed by atoms with Crippen LogP contribution in [0.3, 0.4) is 0 Å². The van der Waals surface area contributed by atoms with Crippen LogP contribution < -0.4 is 14.2 Å². The molecule has 2 aromatic rings. The number of hydrogen-bond acceptors (Lipinski definition) is 7. The van der Waals surface area contributed by atoms with E-state index >= 15 is 0 Å². The van der Waals surface area contributed by atoms with E-state index in [1.54, 1.807) is 30.3 Å². The number of aliphatic hydroxyl groups is 1. The van der Waals surface area contributed by atoms with E-state index in [9.17, 15) is 14.7 Å². The maximum absolute atomic E-state index is 13.1. The van der Waals surface area contributed by atoms with Crippen LogP contribution in [0.25, 0.3) is 5.76 Å². The van der Waals surface area contributed by atoms with Gasteiger partial charge in [-0.3, -0.25) is 9.59 Å². The van der Waals surface area contributed by atoms with Gasteiger partial charge in [0.15, 0.2) is 11.5 Å². The summed E-state index contributed by atoms with van der Waals surface area (Å²) in [5.74, 6) is -0.383. The minimum absolute atomic E-state index is 0.0211. The topological polar surface area (TPSA) is 88.5 Å². The van der Waals surface area contributed by atoms with Crippen LogP contribution in [-0.4, -0.2) is 75.1 Å².